The molecule has 1 aliphatic heterocycles. The number of morpholine rings is 1. The highest BCUT2D eigenvalue weighted by atomic mass is 16.5. The molecule has 4 rings (SSSR count). The molecule has 0 radical (unpaired) electrons. The maximum absolute atomic E-state index is 10.4. The van der Waals surface area contributed by atoms with Crippen LogP contribution in [0.15, 0.2) is 24.3 Å². The highest BCUT2D eigenvalue weighted by Crippen LogP contribution is 2.65. The highest BCUT2D eigenvalue weighted by Gasteiger charge is 2.63. The summed E-state index contributed by atoms with van der Waals surface area (Å²) >= 11 is 0. The molecule has 28 heavy (non-hydrogen) atoms. The average molecular weight is 381 g/mol. The van der Waals surface area contributed by atoms with Crippen LogP contribution in [0.1, 0.15) is 43.2 Å². The van der Waals surface area contributed by atoms with Crippen molar-refractivity contribution in [2.75, 3.05) is 39.4 Å². The zero-order valence-corrected chi connectivity index (χ0v) is 17.0. The number of benzene rings is 1. The topological polar surface area (TPSA) is 59.7 Å². The van der Waals surface area contributed by atoms with Crippen molar-refractivity contribution in [3.05, 3.63) is 35.4 Å². The lowest BCUT2D eigenvalue weighted by Gasteiger charge is -2.32. The van der Waals surface area contributed by atoms with E-state index in [4.69, 9.17) is 4.74 Å². The van der Waals surface area contributed by atoms with E-state index >= 15 is 0 Å². The van der Waals surface area contributed by atoms with Gasteiger partial charge in [0.2, 0.25) is 0 Å². The lowest BCUT2D eigenvalue weighted by atomic mass is 9.81. The van der Waals surface area contributed by atoms with Gasteiger partial charge in [-0.2, -0.15) is 5.26 Å². The molecule has 1 aromatic carbocycles. The molecule has 1 saturated heterocycles. The molecule has 1 heterocycles. The molecule has 0 aromatic heterocycles. The molecule has 0 spiro atoms. The number of ether oxygens (including phenoxy) is 1. The van der Waals surface area contributed by atoms with Crippen LogP contribution in [-0.4, -0.2) is 67.2 Å². The molecule has 150 valence electrons. The van der Waals surface area contributed by atoms with Crippen LogP contribution in [0.5, 0.6) is 0 Å². The van der Waals surface area contributed by atoms with Gasteiger partial charge in [0.1, 0.15) is 0 Å². The van der Waals surface area contributed by atoms with Crippen LogP contribution in [0.2, 0.25) is 6.82 Å². The van der Waals surface area contributed by atoms with E-state index in [9.17, 15) is 10.3 Å². The summed E-state index contributed by atoms with van der Waals surface area (Å²) in [6.45, 7) is 7.84. The molecule has 3 aliphatic rings. The van der Waals surface area contributed by atoms with Crippen LogP contribution in [0.25, 0.3) is 0 Å². The van der Waals surface area contributed by atoms with Crippen LogP contribution in [-0.2, 0) is 10.2 Å². The Balaban J connectivity index is 1.32. The number of fused-ring (bicyclic) bond motifs is 1. The van der Waals surface area contributed by atoms with Gasteiger partial charge < -0.3 is 14.6 Å². The van der Waals surface area contributed by atoms with Gasteiger partial charge in [0, 0.05) is 24.5 Å². The first-order valence-electron chi connectivity index (χ1n) is 10.9. The van der Waals surface area contributed by atoms with Crippen LogP contribution in [0.4, 0.5) is 0 Å². The monoisotopic (exact) mass is 381 g/mol. The Hall–Kier alpha value is -1.39. The van der Waals surface area contributed by atoms with Gasteiger partial charge in [-0.3, -0.25) is 4.90 Å². The van der Waals surface area contributed by atoms with Gasteiger partial charge in [0.25, 0.3) is 0 Å². The molecule has 1 N–H and O–H groups in total. The van der Waals surface area contributed by atoms with Crippen LogP contribution in [0.3, 0.4) is 0 Å². The molecule has 6 heteroatoms. The van der Waals surface area contributed by atoms with E-state index < -0.39 is 7.05 Å². The van der Waals surface area contributed by atoms with Crippen LogP contribution < -0.4 is 0 Å². The molecule has 2 saturated carbocycles. The first-order valence-corrected chi connectivity index (χ1v) is 10.9. The van der Waals surface area contributed by atoms with Crippen molar-refractivity contribution >= 4 is 7.05 Å². The zero-order chi connectivity index (χ0) is 19.6. The van der Waals surface area contributed by atoms with Crippen molar-refractivity contribution in [1.29, 1.82) is 5.26 Å². The Kier molecular flexibility index (Phi) is 6.08. The van der Waals surface area contributed by atoms with E-state index in [1.54, 1.807) is 0 Å². The molecule has 1 aromatic rings. The maximum Gasteiger partial charge on any atom is 0.376 e. The van der Waals surface area contributed by atoms with Gasteiger partial charge in [0.15, 0.2) is 0 Å². The summed E-state index contributed by atoms with van der Waals surface area (Å²) in [5, 5.41) is 19.7. The third-order valence-corrected chi connectivity index (χ3v) is 7.20. The van der Waals surface area contributed by atoms with Crippen molar-refractivity contribution < 1.29 is 9.76 Å². The first kappa shape index (κ1) is 19.9. The van der Waals surface area contributed by atoms with Crippen molar-refractivity contribution in [2.24, 2.45) is 5.92 Å². The minimum Gasteiger partial charge on any atom is -0.437 e. The Morgan fingerprint density at radius 1 is 1.36 bits per heavy atom. The third-order valence-electron chi connectivity index (χ3n) is 7.20. The summed E-state index contributed by atoms with van der Waals surface area (Å²) in [6, 6.07) is 10.9. The quantitative estimate of drug-likeness (QED) is 0.554. The van der Waals surface area contributed by atoms with Gasteiger partial charge in [-0.25, -0.2) is 0 Å². The van der Waals surface area contributed by atoms with Gasteiger partial charge >= 0.3 is 7.05 Å². The van der Waals surface area contributed by atoms with Gasteiger partial charge in [-0.05, 0) is 75.6 Å². The molecule has 1 unspecified atom stereocenters. The molecule has 0 bridgehead atoms. The SMILES string of the molecule is CB(O)N(CCCCN1CCOCC1)C1CC[C@]2(c3cccc(C#N)c3)C[C@H]12. The van der Waals surface area contributed by atoms with E-state index in [1.807, 2.05) is 19.0 Å². The number of nitriles is 1. The predicted molar refractivity (Wildman–Crippen MR) is 111 cm³/mol. The van der Waals surface area contributed by atoms with Crippen molar-refractivity contribution in [1.82, 2.24) is 9.71 Å². The summed E-state index contributed by atoms with van der Waals surface area (Å²) in [7, 11) is -0.393. The fourth-order valence-electron chi connectivity index (χ4n) is 5.59. The molecular weight excluding hydrogens is 349 g/mol. The second-order valence-corrected chi connectivity index (χ2v) is 8.80. The number of hydrogen-bond donors (Lipinski definition) is 1. The van der Waals surface area contributed by atoms with E-state index in [-0.39, 0.29) is 5.41 Å². The van der Waals surface area contributed by atoms with Gasteiger partial charge in [-0.15, -0.1) is 0 Å². The Morgan fingerprint density at radius 2 is 2.18 bits per heavy atom. The smallest absolute Gasteiger partial charge is 0.376 e. The van der Waals surface area contributed by atoms with Gasteiger partial charge in [-0.1, -0.05) is 12.1 Å². The summed E-state index contributed by atoms with van der Waals surface area (Å²) < 4.78 is 5.42. The number of rotatable bonds is 8. The molecule has 3 fully saturated rings. The molecule has 0 amide bonds. The zero-order valence-electron chi connectivity index (χ0n) is 17.0. The summed E-state index contributed by atoms with van der Waals surface area (Å²) in [4.78, 5) is 4.83. The average Bonchev–Trinajstić information content (AvgIpc) is 3.36. The summed E-state index contributed by atoms with van der Waals surface area (Å²) in [6.07, 6.45) is 5.83. The molecule has 5 nitrogen and oxygen atoms in total. The molecule has 2 aliphatic carbocycles. The van der Waals surface area contributed by atoms with Crippen LogP contribution >= 0.6 is 0 Å². The number of nitrogens with zero attached hydrogens (tertiary/aromatic N) is 3. The van der Waals surface area contributed by atoms with E-state index in [0.717, 1.165) is 57.8 Å². The van der Waals surface area contributed by atoms with E-state index in [2.05, 4.69) is 27.9 Å². The lowest BCUT2D eigenvalue weighted by Crippen LogP contribution is -2.46. The van der Waals surface area contributed by atoms with Crippen molar-refractivity contribution in [3.8, 4) is 6.07 Å². The molecule has 3 atom stereocenters. The largest absolute Gasteiger partial charge is 0.437 e. The third kappa shape index (κ3) is 4.00. The molecular formula is C22H32BN3O2. The predicted octanol–water partition coefficient (Wildman–Crippen LogP) is 2.50. The van der Waals surface area contributed by atoms with Gasteiger partial charge in [0.05, 0.1) is 24.8 Å². The Labute approximate surface area is 169 Å². The van der Waals surface area contributed by atoms with E-state index in [1.165, 1.54) is 24.8 Å². The number of hydrogen-bond acceptors (Lipinski definition) is 5. The fraction of sp³-hybridized carbons (Fsp3) is 0.682. The highest BCUT2D eigenvalue weighted by molar-refractivity contribution is 6.45. The van der Waals surface area contributed by atoms with E-state index in [0.29, 0.717) is 12.0 Å². The minimum atomic E-state index is -0.393. The Bertz CT molecular complexity index is 716. The van der Waals surface area contributed by atoms with Crippen molar-refractivity contribution in [2.45, 2.75) is 50.4 Å². The fourth-order valence-corrected chi connectivity index (χ4v) is 5.59. The lowest BCUT2D eigenvalue weighted by molar-refractivity contribution is 0.0369. The number of unbranched alkanes of at least 4 members (excludes halogenated alkanes) is 1. The summed E-state index contributed by atoms with van der Waals surface area (Å²) in [5.74, 6) is 0.621. The second-order valence-electron chi connectivity index (χ2n) is 8.80. The summed E-state index contributed by atoms with van der Waals surface area (Å²) in [5.41, 5.74) is 2.34. The maximum atomic E-state index is 10.4. The minimum absolute atomic E-state index is 0.248. The second kappa shape index (κ2) is 8.55. The Morgan fingerprint density at radius 3 is 2.89 bits per heavy atom. The normalized spacial score (nSPS) is 29.5. The van der Waals surface area contributed by atoms with Crippen LogP contribution in [0, 0.1) is 17.2 Å². The first-order chi connectivity index (χ1) is 13.6. The standard InChI is InChI=1S/C22H32BN3O2/c1-23(27)26(10-3-2-9-25-11-13-28-14-12-25)21-7-8-22(16-20(21)22)19-6-4-5-18(15-19)17-24/h4-6,15,20-21,27H,2-3,7-14,16H2,1H3/t20-,21?,22-/m1/s1. The van der Waals surface area contributed by atoms with Crippen molar-refractivity contribution in [3.63, 3.8) is 0 Å².